The summed E-state index contributed by atoms with van der Waals surface area (Å²) < 4.78 is 0. The molecule has 1 amide bonds. The molecule has 2 rings (SSSR count). The number of pyridine rings is 1. The van der Waals surface area contributed by atoms with Crippen LogP contribution in [0.25, 0.3) is 0 Å². The number of aryl methyl sites for hydroxylation is 1. The number of hydrogen-bond donors (Lipinski definition) is 2. The van der Waals surface area contributed by atoms with E-state index in [1.165, 1.54) is 0 Å². The molecule has 2 atom stereocenters. The molecule has 0 radical (unpaired) electrons. The Hall–Kier alpha value is -1.13. The van der Waals surface area contributed by atoms with Crippen LogP contribution >= 0.6 is 11.6 Å². The van der Waals surface area contributed by atoms with Gasteiger partial charge in [-0.15, -0.1) is 0 Å². The minimum atomic E-state index is 0.0333. The van der Waals surface area contributed by atoms with Gasteiger partial charge in [0.05, 0.1) is 11.9 Å². The lowest BCUT2D eigenvalue weighted by Crippen LogP contribution is -2.29. The van der Waals surface area contributed by atoms with E-state index in [9.17, 15) is 4.79 Å². The second-order valence-electron chi connectivity index (χ2n) is 4.85. The molecule has 1 saturated carbocycles. The maximum atomic E-state index is 12.2. The molecule has 1 aromatic rings. The van der Waals surface area contributed by atoms with E-state index in [0.717, 1.165) is 24.8 Å². The van der Waals surface area contributed by atoms with E-state index >= 15 is 0 Å². The average molecular weight is 268 g/mol. The number of aromatic nitrogens is 1. The Morgan fingerprint density at radius 3 is 3.06 bits per heavy atom. The number of halogens is 1. The second-order valence-corrected chi connectivity index (χ2v) is 5.21. The molecule has 1 heterocycles. The molecular weight excluding hydrogens is 250 g/mol. The van der Waals surface area contributed by atoms with E-state index in [2.05, 4.69) is 10.3 Å². The molecule has 0 aromatic carbocycles. The molecule has 3 N–H and O–H groups in total. The van der Waals surface area contributed by atoms with Crippen molar-refractivity contribution in [2.75, 3.05) is 11.9 Å². The second kappa shape index (κ2) is 5.67. The SMILES string of the molecule is Cc1cc(NC(=O)C2CCCC2CN)cnc1Cl. The Balaban J connectivity index is 2.04. The average Bonchev–Trinajstić information content (AvgIpc) is 2.82. The number of nitrogens with two attached hydrogens (primary N) is 1. The van der Waals surface area contributed by atoms with Crippen LogP contribution in [-0.4, -0.2) is 17.4 Å². The topological polar surface area (TPSA) is 68.0 Å². The molecule has 1 aliphatic carbocycles. The van der Waals surface area contributed by atoms with Crippen molar-refractivity contribution in [3.63, 3.8) is 0 Å². The van der Waals surface area contributed by atoms with E-state index in [0.29, 0.717) is 23.3 Å². The zero-order valence-corrected chi connectivity index (χ0v) is 11.2. The van der Waals surface area contributed by atoms with E-state index in [4.69, 9.17) is 17.3 Å². The summed E-state index contributed by atoms with van der Waals surface area (Å²) in [6.45, 7) is 2.44. The first-order valence-corrected chi connectivity index (χ1v) is 6.62. The molecule has 0 aliphatic heterocycles. The maximum Gasteiger partial charge on any atom is 0.227 e. The van der Waals surface area contributed by atoms with Gasteiger partial charge in [0.1, 0.15) is 5.15 Å². The van der Waals surface area contributed by atoms with Gasteiger partial charge in [0.25, 0.3) is 0 Å². The highest BCUT2D eigenvalue weighted by atomic mass is 35.5. The van der Waals surface area contributed by atoms with Crippen molar-refractivity contribution in [3.8, 4) is 0 Å². The molecule has 0 spiro atoms. The molecule has 1 fully saturated rings. The van der Waals surface area contributed by atoms with Crippen molar-refractivity contribution in [3.05, 3.63) is 23.0 Å². The fourth-order valence-corrected chi connectivity index (χ4v) is 2.63. The van der Waals surface area contributed by atoms with Crippen molar-refractivity contribution >= 4 is 23.2 Å². The summed E-state index contributed by atoms with van der Waals surface area (Å²) in [6, 6.07) is 1.83. The first-order chi connectivity index (χ1) is 8.61. The minimum absolute atomic E-state index is 0.0333. The van der Waals surface area contributed by atoms with Crippen LogP contribution < -0.4 is 11.1 Å². The summed E-state index contributed by atoms with van der Waals surface area (Å²) in [7, 11) is 0. The number of carbonyl (C=O) groups is 1. The van der Waals surface area contributed by atoms with Crippen LogP contribution in [0, 0.1) is 18.8 Å². The van der Waals surface area contributed by atoms with Gasteiger partial charge in [0.2, 0.25) is 5.91 Å². The van der Waals surface area contributed by atoms with E-state index in [-0.39, 0.29) is 11.8 Å². The first kappa shape index (κ1) is 13.3. The third kappa shape index (κ3) is 2.82. The number of rotatable bonds is 3. The van der Waals surface area contributed by atoms with Gasteiger partial charge in [-0.3, -0.25) is 4.79 Å². The van der Waals surface area contributed by atoms with Gasteiger partial charge in [-0.2, -0.15) is 0 Å². The van der Waals surface area contributed by atoms with Gasteiger partial charge in [-0.1, -0.05) is 18.0 Å². The molecule has 0 saturated heterocycles. The Bertz CT molecular complexity index is 450. The lowest BCUT2D eigenvalue weighted by molar-refractivity contribution is -0.120. The molecular formula is C13H18ClN3O. The Morgan fingerprint density at radius 1 is 1.61 bits per heavy atom. The number of anilines is 1. The zero-order valence-electron chi connectivity index (χ0n) is 10.4. The van der Waals surface area contributed by atoms with Crippen LogP contribution in [-0.2, 0) is 4.79 Å². The standard InChI is InChI=1S/C13H18ClN3O/c1-8-5-10(7-16-12(8)14)17-13(18)11-4-2-3-9(11)6-15/h5,7,9,11H,2-4,6,15H2,1H3,(H,17,18). The molecule has 4 nitrogen and oxygen atoms in total. The number of carbonyl (C=O) groups excluding carboxylic acids is 1. The number of amides is 1. The zero-order chi connectivity index (χ0) is 13.1. The minimum Gasteiger partial charge on any atom is -0.330 e. The monoisotopic (exact) mass is 267 g/mol. The van der Waals surface area contributed by atoms with Crippen LogP contribution in [0.15, 0.2) is 12.3 Å². The maximum absolute atomic E-state index is 12.2. The van der Waals surface area contributed by atoms with Gasteiger partial charge < -0.3 is 11.1 Å². The van der Waals surface area contributed by atoms with Crippen molar-refractivity contribution in [1.29, 1.82) is 0 Å². The van der Waals surface area contributed by atoms with Crippen LogP contribution in [0.3, 0.4) is 0 Å². The fourth-order valence-electron chi connectivity index (χ4n) is 2.53. The molecule has 98 valence electrons. The van der Waals surface area contributed by atoms with E-state index < -0.39 is 0 Å². The third-order valence-corrected chi connectivity index (χ3v) is 3.98. The molecule has 0 bridgehead atoms. The first-order valence-electron chi connectivity index (χ1n) is 6.25. The van der Waals surface area contributed by atoms with Crippen LogP contribution in [0.1, 0.15) is 24.8 Å². The van der Waals surface area contributed by atoms with Gasteiger partial charge in [-0.05, 0) is 43.9 Å². The summed E-state index contributed by atoms with van der Waals surface area (Å²) in [5.41, 5.74) is 7.25. The highest BCUT2D eigenvalue weighted by Crippen LogP contribution is 2.31. The largest absolute Gasteiger partial charge is 0.330 e. The van der Waals surface area contributed by atoms with Crippen LogP contribution in [0.2, 0.25) is 5.15 Å². The van der Waals surface area contributed by atoms with Gasteiger partial charge in [0.15, 0.2) is 0 Å². The lowest BCUT2D eigenvalue weighted by atomic mass is 9.95. The lowest BCUT2D eigenvalue weighted by Gasteiger charge is -2.17. The predicted molar refractivity (Wildman–Crippen MR) is 72.5 cm³/mol. The van der Waals surface area contributed by atoms with Crippen molar-refractivity contribution < 1.29 is 4.79 Å². The Kier molecular flexibility index (Phi) is 4.19. The molecule has 2 unspecified atom stereocenters. The smallest absolute Gasteiger partial charge is 0.227 e. The molecule has 1 aliphatic rings. The summed E-state index contributed by atoms with van der Waals surface area (Å²) >= 11 is 5.85. The van der Waals surface area contributed by atoms with Gasteiger partial charge in [0, 0.05) is 5.92 Å². The third-order valence-electron chi connectivity index (χ3n) is 3.58. The number of nitrogens with zero attached hydrogens (tertiary/aromatic N) is 1. The number of nitrogens with one attached hydrogen (secondary N) is 1. The summed E-state index contributed by atoms with van der Waals surface area (Å²) in [6.07, 6.45) is 4.64. The van der Waals surface area contributed by atoms with Crippen LogP contribution in [0.4, 0.5) is 5.69 Å². The molecule has 1 aromatic heterocycles. The molecule has 18 heavy (non-hydrogen) atoms. The Morgan fingerprint density at radius 2 is 2.39 bits per heavy atom. The summed E-state index contributed by atoms with van der Waals surface area (Å²) in [5.74, 6) is 0.392. The summed E-state index contributed by atoms with van der Waals surface area (Å²) in [4.78, 5) is 16.2. The predicted octanol–water partition coefficient (Wildman–Crippen LogP) is 2.36. The Labute approximate surface area is 112 Å². The quantitative estimate of drug-likeness (QED) is 0.826. The van der Waals surface area contributed by atoms with Crippen molar-refractivity contribution in [2.24, 2.45) is 17.6 Å². The summed E-state index contributed by atoms with van der Waals surface area (Å²) in [5, 5.41) is 3.37. The van der Waals surface area contributed by atoms with Crippen molar-refractivity contribution in [1.82, 2.24) is 4.98 Å². The van der Waals surface area contributed by atoms with Gasteiger partial charge >= 0.3 is 0 Å². The van der Waals surface area contributed by atoms with E-state index in [1.54, 1.807) is 6.20 Å². The molecule has 5 heteroatoms. The number of hydrogen-bond acceptors (Lipinski definition) is 3. The van der Waals surface area contributed by atoms with Gasteiger partial charge in [-0.25, -0.2) is 4.98 Å². The van der Waals surface area contributed by atoms with Crippen molar-refractivity contribution in [2.45, 2.75) is 26.2 Å². The fraction of sp³-hybridized carbons (Fsp3) is 0.538. The van der Waals surface area contributed by atoms with E-state index in [1.807, 2.05) is 13.0 Å². The van der Waals surface area contributed by atoms with Crippen LogP contribution in [0.5, 0.6) is 0 Å². The highest BCUT2D eigenvalue weighted by Gasteiger charge is 2.31. The highest BCUT2D eigenvalue weighted by molar-refractivity contribution is 6.30. The normalized spacial score (nSPS) is 23.1.